The number of allylic oxidation sites excluding steroid dienone is 3. The number of unbranched alkanes of at least 4 members (excludes halogenated alkanes) is 10. The molecular formula is C24H34. The minimum absolute atomic E-state index is 1.16. The van der Waals surface area contributed by atoms with Crippen molar-refractivity contribution in [3.05, 3.63) is 54.1 Å². The highest BCUT2D eigenvalue weighted by atomic mass is 14.0. The van der Waals surface area contributed by atoms with Gasteiger partial charge in [-0.05, 0) is 36.6 Å². The van der Waals surface area contributed by atoms with E-state index < -0.39 is 0 Å². The lowest BCUT2D eigenvalue weighted by Crippen LogP contribution is -1.81. The van der Waals surface area contributed by atoms with Crippen LogP contribution in [0.5, 0.6) is 0 Å². The van der Waals surface area contributed by atoms with Crippen molar-refractivity contribution >= 4 is 6.08 Å². The smallest absolute Gasteiger partial charge is 0.0109 e. The molecule has 24 heavy (non-hydrogen) atoms. The maximum absolute atomic E-state index is 3.07. The van der Waals surface area contributed by atoms with Crippen LogP contribution >= 0.6 is 0 Å². The van der Waals surface area contributed by atoms with E-state index in [1.807, 2.05) is 36.4 Å². The summed E-state index contributed by atoms with van der Waals surface area (Å²) in [4.78, 5) is 0. The molecule has 0 atom stereocenters. The fraction of sp³-hybridized carbons (Fsp3) is 0.500. The summed E-state index contributed by atoms with van der Waals surface area (Å²) >= 11 is 0. The van der Waals surface area contributed by atoms with Crippen LogP contribution in [-0.4, -0.2) is 0 Å². The lowest BCUT2D eigenvalue weighted by Gasteiger charge is -2.01. The highest BCUT2D eigenvalue weighted by Gasteiger charge is 1.91. The SMILES string of the molecule is CCCCCCCCCCCC/C=C/C#C/C=C/c1ccccc1. The molecule has 0 aliphatic heterocycles. The van der Waals surface area contributed by atoms with Crippen LogP contribution in [0, 0.1) is 11.8 Å². The molecule has 0 aliphatic carbocycles. The maximum atomic E-state index is 3.07. The zero-order valence-electron chi connectivity index (χ0n) is 15.5. The van der Waals surface area contributed by atoms with Gasteiger partial charge in [-0.1, -0.05) is 113 Å². The number of hydrogen-bond donors (Lipinski definition) is 0. The Hall–Kier alpha value is -1.74. The topological polar surface area (TPSA) is 0 Å². The molecule has 0 amide bonds. The maximum Gasteiger partial charge on any atom is -0.0109 e. The second kappa shape index (κ2) is 16.1. The van der Waals surface area contributed by atoms with E-state index in [1.165, 1.54) is 69.8 Å². The van der Waals surface area contributed by atoms with Crippen LogP contribution in [0.2, 0.25) is 0 Å². The van der Waals surface area contributed by atoms with Crippen LogP contribution < -0.4 is 0 Å². The zero-order chi connectivity index (χ0) is 17.1. The Morgan fingerprint density at radius 3 is 1.96 bits per heavy atom. The Balaban J connectivity index is 1.92. The Morgan fingerprint density at radius 1 is 0.708 bits per heavy atom. The van der Waals surface area contributed by atoms with Gasteiger partial charge in [0.05, 0.1) is 0 Å². The molecule has 1 aromatic carbocycles. The molecule has 0 aliphatic rings. The fourth-order valence-electron chi connectivity index (χ4n) is 2.69. The van der Waals surface area contributed by atoms with Crippen molar-refractivity contribution in [1.29, 1.82) is 0 Å². The van der Waals surface area contributed by atoms with Crippen molar-refractivity contribution in [2.24, 2.45) is 0 Å². The lowest BCUT2D eigenvalue weighted by atomic mass is 10.1. The van der Waals surface area contributed by atoms with E-state index in [9.17, 15) is 0 Å². The van der Waals surface area contributed by atoms with E-state index in [2.05, 4.69) is 37.0 Å². The summed E-state index contributed by atoms with van der Waals surface area (Å²) in [6.45, 7) is 2.28. The number of benzene rings is 1. The molecule has 0 saturated heterocycles. The first kappa shape index (κ1) is 20.3. The lowest BCUT2D eigenvalue weighted by molar-refractivity contribution is 0.557. The second-order valence-corrected chi connectivity index (χ2v) is 6.41. The third-order valence-electron chi connectivity index (χ3n) is 4.17. The molecule has 0 spiro atoms. The predicted octanol–water partition coefficient (Wildman–Crippen LogP) is 7.57. The van der Waals surface area contributed by atoms with Gasteiger partial charge in [-0.2, -0.15) is 0 Å². The first-order valence-electron chi connectivity index (χ1n) is 9.81. The standard InChI is InChI=1S/C24H34/c1-2-3-4-5-6-7-8-9-10-11-12-13-14-15-16-18-21-24-22-19-17-20-23-24/h13-14,17-23H,2-12H2,1H3/b14-13+,21-18+. The van der Waals surface area contributed by atoms with Gasteiger partial charge >= 0.3 is 0 Å². The molecule has 0 bridgehead atoms. The Bertz CT molecular complexity index is 496. The third kappa shape index (κ3) is 12.8. The summed E-state index contributed by atoms with van der Waals surface area (Å²) in [6.07, 6.45) is 23.3. The van der Waals surface area contributed by atoms with Crippen LogP contribution in [0.15, 0.2) is 48.6 Å². The van der Waals surface area contributed by atoms with Crippen molar-refractivity contribution in [2.45, 2.75) is 77.6 Å². The van der Waals surface area contributed by atoms with E-state index in [4.69, 9.17) is 0 Å². The average Bonchev–Trinajstić information content (AvgIpc) is 2.62. The van der Waals surface area contributed by atoms with Gasteiger partial charge in [0.25, 0.3) is 0 Å². The van der Waals surface area contributed by atoms with Crippen molar-refractivity contribution < 1.29 is 0 Å². The molecular weight excluding hydrogens is 288 g/mol. The van der Waals surface area contributed by atoms with Crippen molar-refractivity contribution in [1.82, 2.24) is 0 Å². The van der Waals surface area contributed by atoms with Crippen LogP contribution in [0.4, 0.5) is 0 Å². The van der Waals surface area contributed by atoms with Gasteiger partial charge in [-0.25, -0.2) is 0 Å². The molecule has 0 N–H and O–H groups in total. The van der Waals surface area contributed by atoms with E-state index in [1.54, 1.807) is 0 Å². The van der Waals surface area contributed by atoms with Crippen LogP contribution in [0.3, 0.4) is 0 Å². The van der Waals surface area contributed by atoms with Crippen molar-refractivity contribution in [3.8, 4) is 11.8 Å². The van der Waals surface area contributed by atoms with E-state index in [-0.39, 0.29) is 0 Å². The summed E-state index contributed by atoms with van der Waals surface area (Å²) in [7, 11) is 0. The minimum atomic E-state index is 1.16. The fourth-order valence-corrected chi connectivity index (χ4v) is 2.69. The average molecular weight is 323 g/mol. The van der Waals surface area contributed by atoms with Gasteiger partial charge in [-0.15, -0.1) is 0 Å². The van der Waals surface area contributed by atoms with Gasteiger partial charge in [0.2, 0.25) is 0 Å². The molecule has 0 nitrogen and oxygen atoms in total. The van der Waals surface area contributed by atoms with Crippen LogP contribution in [0.1, 0.15) is 83.1 Å². The highest BCUT2D eigenvalue weighted by Crippen LogP contribution is 2.11. The molecule has 0 aromatic heterocycles. The summed E-state index contributed by atoms with van der Waals surface area (Å²) in [6, 6.07) is 10.3. The molecule has 1 rings (SSSR count). The summed E-state index contributed by atoms with van der Waals surface area (Å²) in [5, 5.41) is 0. The summed E-state index contributed by atoms with van der Waals surface area (Å²) < 4.78 is 0. The van der Waals surface area contributed by atoms with Crippen molar-refractivity contribution in [3.63, 3.8) is 0 Å². The molecule has 0 fully saturated rings. The number of rotatable bonds is 12. The molecule has 0 saturated carbocycles. The number of hydrogen-bond acceptors (Lipinski definition) is 0. The van der Waals surface area contributed by atoms with Gasteiger partial charge in [-0.3, -0.25) is 0 Å². The summed E-state index contributed by atoms with van der Waals surface area (Å²) in [5.74, 6) is 6.13. The van der Waals surface area contributed by atoms with Crippen molar-refractivity contribution in [2.75, 3.05) is 0 Å². The monoisotopic (exact) mass is 322 g/mol. The van der Waals surface area contributed by atoms with E-state index in [0.717, 1.165) is 6.42 Å². The summed E-state index contributed by atoms with van der Waals surface area (Å²) in [5.41, 5.74) is 1.20. The van der Waals surface area contributed by atoms with Gasteiger partial charge < -0.3 is 0 Å². The normalized spacial score (nSPS) is 11.0. The zero-order valence-corrected chi connectivity index (χ0v) is 15.5. The van der Waals surface area contributed by atoms with E-state index >= 15 is 0 Å². The largest absolute Gasteiger partial charge is 0.0761 e. The van der Waals surface area contributed by atoms with Crippen LogP contribution in [-0.2, 0) is 0 Å². The van der Waals surface area contributed by atoms with E-state index in [0.29, 0.717) is 0 Å². The molecule has 130 valence electrons. The Morgan fingerprint density at radius 2 is 1.29 bits per heavy atom. The minimum Gasteiger partial charge on any atom is -0.0761 e. The quantitative estimate of drug-likeness (QED) is 0.275. The first-order valence-corrected chi connectivity index (χ1v) is 9.81. The molecule has 0 heterocycles. The Kier molecular flexibility index (Phi) is 13.6. The molecule has 0 heteroatoms. The molecule has 0 radical (unpaired) electrons. The van der Waals surface area contributed by atoms with Gasteiger partial charge in [0, 0.05) is 0 Å². The molecule has 0 unspecified atom stereocenters. The third-order valence-corrected chi connectivity index (χ3v) is 4.17. The highest BCUT2D eigenvalue weighted by molar-refractivity contribution is 5.52. The van der Waals surface area contributed by atoms with Gasteiger partial charge in [0.15, 0.2) is 0 Å². The Labute approximate surface area is 150 Å². The first-order chi connectivity index (χ1) is 11.9. The molecule has 1 aromatic rings. The second-order valence-electron chi connectivity index (χ2n) is 6.41. The van der Waals surface area contributed by atoms with Crippen LogP contribution in [0.25, 0.3) is 6.08 Å². The van der Waals surface area contributed by atoms with Gasteiger partial charge in [0.1, 0.15) is 0 Å². The predicted molar refractivity (Wildman–Crippen MR) is 109 cm³/mol.